The summed E-state index contributed by atoms with van der Waals surface area (Å²) in [6.07, 6.45) is 0.133. The van der Waals surface area contributed by atoms with Crippen molar-refractivity contribution in [3.05, 3.63) is 17.5 Å². The van der Waals surface area contributed by atoms with Crippen molar-refractivity contribution in [1.82, 2.24) is 10.1 Å². The maximum Gasteiger partial charge on any atom is 0.328 e. The smallest absolute Gasteiger partial charge is 0.328 e. The van der Waals surface area contributed by atoms with Crippen molar-refractivity contribution in [3.8, 4) is 0 Å². The number of likely N-dealkylation sites (tertiary alicyclic amines) is 1. The molecule has 6 nitrogen and oxygen atoms in total. The highest BCUT2D eigenvalue weighted by molar-refractivity contribution is 5.87. The predicted molar refractivity (Wildman–Crippen MR) is 73.2 cm³/mol. The maximum absolute atomic E-state index is 12.5. The topological polar surface area (TPSA) is 72.6 Å². The second-order valence-electron chi connectivity index (χ2n) is 6.58. The predicted octanol–water partition coefficient (Wildman–Crippen LogP) is 1.18. The molecular weight excluding hydrogens is 272 g/mol. The molecule has 1 saturated carbocycles. The summed E-state index contributed by atoms with van der Waals surface area (Å²) in [5, 5.41) is 3.78. The molecule has 6 heteroatoms. The van der Waals surface area contributed by atoms with E-state index in [-0.39, 0.29) is 29.6 Å². The summed E-state index contributed by atoms with van der Waals surface area (Å²) in [5.41, 5.74) is 0.853. The van der Waals surface area contributed by atoms with Gasteiger partial charge >= 0.3 is 5.97 Å². The normalized spacial score (nSPS) is 29.1. The number of ether oxygens (including phenoxy) is 1. The molecule has 0 unspecified atom stereocenters. The lowest BCUT2D eigenvalue weighted by molar-refractivity contribution is -0.152. The van der Waals surface area contributed by atoms with Crippen LogP contribution in [-0.2, 0) is 20.7 Å². The summed E-state index contributed by atoms with van der Waals surface area (Å²) in [7, 11) is 1.37. The number of hydrogen-bond acceptors (Lipinski definition) is 5. The summed E-state index contributed by atoms with van der Waals surface area (Å²) in [5.74, 6) is 0.674. The Bertz CT molecular complexity index is 592. The molecule has 1 aromatic heterocycles. The van der Waals surface area contributed by atoms with Gasteiger partial charge in [0.05, 0.1) is 19.2 Å². The molecule has 0 radical (unpaired) electrons. The summed E-state index contributed by atoms with van der Waals surface area (Å²) in [4.78, 5) is 26.2. The van der Waals surface area contributed by atoms with E-state index < -0.39 is 6.04 Å². The standard InChI is InChI=1S/C15H20N2O4/c1-8-5-9(21-16-8)6-11(18)17-7-10-12(15(10,2)3)13(17)14(19)20-4/h5,10,12-13H,6-7H2,1-4H3/t10-,12-,13-/m0/s1. The SMILES string of the molecule is COC(=O)[C@@H]1[C@@H]2[C@H](CN1C(=O)Cc1cc(C)no1)C2(C)C. The Kier molecular flexibility index (Phi) is 3.07. The highest BCUT2D eigenvalue weighted by Gasteiger charge is 2.69. The van der Waals surface area contributed by atoms with E-state index in [4.69, 9.17) is 9.26 Å². The Hall–Kier alpha value is -1.85. The quantitative estimate of drug-likeness (QED) is 0.782. The number of carbonyl (C=O) groups excluding carboxylic acids is 2. The molecule has 3 atom stereocenters. The van der Waals surface area contributed by atoms with Crippen molar-refractivity contribution in [2.24, 2.45) is 17.3 Å². The van der Waals surface area contributed by atoms with E-state index in [0.717, 1.165) is 5.69 Å². The summed E-state index contributed by atoms with van der Waals surface area (Å²) in [6.45, 7) is 6.70. The van der Waals surface area contributed by atoms with Crippen LogP contribution in [0, 0.1) is 24.2 Å². The van der Waals surface area contributed by atoms with Crippen molar-refractivity contribution in [2.75, 3.05) is 13.7 Å². The molecule has 1 amide bonds. The van der Waals surface area contributed by atoms with E-state index in [9.17, 15) is 9.59 Å². The van der Waals surface area contributed by atoms with Crippen LogP contribution in [0.2, 0.25) is 0 Å². The van der Waals surface area contributed by atoms with Gasteiger partial charge < -0.3 is 14.2 Å². The fourth-order valence-corrected chi connectivity index (χ4v) is 3.68. The largest absolute Gasteiger partial charge is 0.467 e. The first-order valence-corrected chi connectivity index (χ1v) is 7.15. The molecule has 2 fully saturated rings. The second-order valence-corrected chi connectivity index (χ2v) is 6.58. The molecule has 0 spiro atoms. The average molecular weight is 292 g/mol. The van der Waals surface area contributed by atoms with E-state index in [1.54, 1.807) is 11.0 Å². The van der Waals surface area contributed by atoms with Gasteiger partial charge in [0.2, 0.25) is 5.91 Å². The van der Waals surface area contributed by atoms with E-state index in [0.29, 0.717) is 18.2 Å². The molecule has 1 saturated heterocycles. The van der Waals surface area contributed by atoms with Crippen molar-refractivity contribution >= 4 is 11.9 Å². The van der Waals surface area contributed by atoms with E-state index >= 15 is 0 Å². The zero-order valence-electron chi connectivity index (χ0n) is 12.8. The molecule has 2 aliphatic rings. The van der Waals surface area contributed by atoms with Gasteiger partial charge in [-0.3, -0.25) is 4.79 Å². The highest BCUT2D eigenvalue weighted by atomic mass is 16.5. The van der Waals surface area contributed by atoms with Crippen LogP contribution in [0.3, 0.4) is 0 Å². The van der Waals surface area contributed by atoms with Gasteiger partial charge in [-0.05, 0) is 18.3 Å². The van der Waals surface area contributed by atoms with Gasteiger partial charge in [0.15, 0.2) is 0 Å². The second kappa shape index (κ2) is 4.58. The number of esters is 1. The molecule has 1 aliphatic heterocycles. The summed E-state index contributed by atoms with van der Waals surface area (Å²) >= 11 is 0. The monoisotopic (exact) mass is 292 g/mol. The number of amides is 1. The molecule has 1 aromatic rings. The summed E-state index contributed by atoms with van der Waals surface area (Å²) in [6, 6.07) is 1.28. The van der Waals surface area contributed by atoms with Gasteiger partial charge in [-0.15, -0.1) is 0 Å². The van der Waals surface area contributed by atoms with Gasteiger partial charge in [0.25, 0.3) is 0 Å². The first-order valence-electron chi connectivity index (χ1n) is 7.15. The Balaban J connectivity index is 1.75. The molecule has 3 rings (SSSR count). The molecule has 0 aromatic carbocycles. The Morgan fingerprint density at radius 3 is 2.81 bits per heavy atom. The summed E-state index contributed by atoms with van der Waals surface area (Å²) < 4.78 is 9.97. The molecule has 0 bridgehead atoms. The van der Waals surface area contributed by atoms with Crippen LogP contribution in [0.25, 0.3) is 0 Å². The number of nitrogens with zero attached hydrogens (tertiary/aromatic N) is 2. The molecule has 114 valence electrons. The molecule has 21 heavy (non-hydrogen) atoms. The van der Waals surface area contributed by atoms with Crippen molar-refractivity contribution < 1.29 is 18.8 Å². The Labute approximate surface area is 123 Å². The van der Waals surface area contributed by atoms with Crippen LogP contribution in [0.5, 0.6) is 0 Å². The number of hydrogen-bond donors (Lipinski definition) is 0. The van der Waals surface area contributed by atoms with Crippen molar-refractivity contribution in [1.29, 1.82) is 0 Å². The van der Waals surface area contributed by atoms with Crippen LogP contribution in [0.15, 0.2) is 10.6 Å². The van der Waals surface area contributed by atoms with E-state index in [1.807, 2.05) is 6.92 Å². The lowest BCUT2D eigenvalue weighted by atomic mass is 10.0. The fourth-order valence-electron chi connectivity index (χ4n) is 3.68. The zero-order chi connectivity index (χ0) is 15.4. The Morgan fingerprint density at radius 2 is 2.24 bits per heavy atom. The average Bonchev–Trinajstić information content (AvgIpc) is 2.82. The number of rotatable bonds is 3. The lowest BCUT2D eigenvalue weighted by Crippen LogP contribution is -2.46. The molecule has 1 aliphatic carbocycles. The molecule has 0 N–H and O–H groups in total. The Morgan fingerprint density at radius 1 is 1.52 bits per heavy atom. The number of carbonyl (C=O) groups is 2. The van der Waals surface area contributed by atoms with Crippen LogP contribution < -0.4 is 0 Å². The number of piperidine rings is 1. The van der Waals surface area contributed by atoms with E-state index in [2.05, 4.69) is 19.0 Å². The van der Waals surface area contributed by atoms with Crippen molar-refractivity contribution in [3.63, 3.8) is 0 Å². The highest BCUT2D eigenvalue weighted by Crippen LogP contribution is 2.65. The first-order chi connectivity index (χ1) is 9.86. The van der Waals surface area contributed by atoms with Crippen LogP contribution in [0.1, 0.15) is 25.3 Å². The van der Waals surface area contributed by atoms with Crippen LogP contribution >= 0.6 is 0 Å². The lowest BCUT2D eigenvalue weighted by Gasteiger charge is -2.28. The third-order valence-electron chi connectivity index (χ3n) is 4.97. The van der Waals surface area contributed by atoms with Gasteiger partial charge in [0, 0.05) is 18.5 Å². The van der Waals surface area contributed by atoms with Gasteiger partial charge in [-0.1, -0.05) is 19.0 Å². The minimum Gasteiger partial charge on any atom is -0.467 e. The molecule has 2 heterocycles. The third kappa shape index (κ3) is 2.13. The first kappa shape index (κ1) is 14.1. The number of aryl methyl sites for hydroxylation is 1. The van der Waals surface area contributed by atoms with Gasteiger partial charge in [-0.2, -0.15) is 0 Å². The van der Waals surface area contributed by atoms with Crippen molar-refractivity contribution in [2.45, 2.75) is 33.2 Å². The zero-order valence-corrected chi connectivity index (χ0v) is 12.8. The number of methoxy groups -OCH3 is 1. The van der Waals surface area contributed by atoms with Gasteiger partial charge in [0.1, 0.15) is 11.8 Å². The van der Waals surface area contributed by atoms with Gasteiger partial charge in [-0.25, -0.2) is 4.79 Å². The number of fused-ring (bicyclic) bond motifs is 1. The van der Waals surface area contributed by atoms with Crippen LogP contribution in [0.4, 0.5) is 0 Å². The fraction of sp³-hybridized carbons (Fsp3) is 0.667. The van der Waals surface area contributed by atoms with E-state index in [1.165, 1.54) is 7.11 Å². The van der Waals surface area contributed by atoms with Crippen LogP contribution in [-0.4, -0.2) is 41.6 Å². The molecular formula is C15H20N2O4. The minimum atomic E-state index is -0.466. The maximum atomic E-state index is 12.5. The third-order valence-corrected chi connectivity index (χ3v) is 4.97. The minimum absolute atomic E-state index is 0.107. The number of aromatic nitrogens is 1.